The van der Waals surface area contributed by atoms with Crippen LogP contribution in [0.5, 0.6) is 0 Å². The maximum absolute atomic E-state index is 12.6. The van der Waals surface area contributed by atoms with Crippen molar-refractivity contribution < 1.29 is 14.7 Å². The van der Waals surface area contributed by atoms with Gasteiger partial charge in [0.15, 0.2) is 0 Å². The Morgan fingerprint density at radius 1 is 1.28 bits per heavy atom. The van der Waals surface area contributed by atoms with Gasteiger partial charge in [0, 0.05) is 50.7 Å². The summed E-state index contributed by atoms with van der Waals surface area (Å²) < 4.78 is 0. The minimum atomic E-state index is -0.0484. The number of benzene rings is 1. The van der Waals surface area contributed by atoms with Crippen molar-refractivity contribution in [1.29, 1.82) is 0 Å². The number of amides is 2. The predicted molar refractivity (Wildman–Crippen MR) is 96.2 cm³/mol. The molecule has 1 atom stereocenters. The second kappa shape index (κ2) is 7.34. The highest BCUT2D eigenvalue weighted by molar-refractivity contribution is 6.30. The fraction of sp³-hybridized carbons (Fsp3) is 0.579. The lowest BCUT2D eigenvalue weighted by Gasteiger charge is -2.42. The van der Waals surface area contributed by atoms with Crippen molar-refractivity contribution in [2.75, 3.05) is 32.8 Å². The summed E-state index contributed by atoms with van der Waals surface area (Å²) in [7, 11) is 0. The number of halogens is 1. The number of carbonyl (C=O) groups is 2. The molecule has 5 nitrogen and oxygen atoms in total. The molecule has 25 heavy (non-hydrogen) atoms. The van der Waals surface area contributed by atoms with Crippen molar-refractivity contribution in [3.05, 3.63) is 34.9 Å². The van der Waals surface area contributed by atoms with Crippen molar-refractivity contribution >= 4 is 23.4 Å². The molecule has 1 unspecified atom stereocenters. The first-order valence-corrected chi connectivity index (χ1v) is 9.20. The molecular weight excluding hydrogens is 340 g/mol. The maximum Gasteiger partial charge on any atom is 0.226 e. The molecule has 136 valence electrons. The monoisotopic (exact) mass is 364 g/mol. The molecule has 1 aromatic carbocycles. The van der Waals surface area contributed by atoms with Gasteiger partial charge < -0.3 is 14.9 Å². The van der Waals surface area contributed by atoms with E-state index < -0.39 is 0 Å². The smallest absolute Gasteiger partial charge is 0.226 e. The Bertz CT molecular complexity index is 656. The lowest BCUT2D eigenvalue weighted by atomic mass is 9.71. The Balaban J connectivity index is 1.61. The van der Waals surface area contributed by atoms with Gasteiger partial charge in [-0.1, -0.05) is 23.7 Å². The SMILES string of the molecule is CC(=O)N1CC(CO)C2(CCN(C(=O)Cc3cccc(Cl)c3)CC2)C1. The van der Waals surface area contributed by atoms with Gasteiger partial charge >= 0.3 is 0 Å². The van der Waals surface area contributed by atoms with Crippen LogP contribution in [0.25, 0.3) is 0 Å². The van der Waals surface area contributed by atoms with Crippen LogP contribution in [-0.4, -0.2) is 59.5 Å². The first-order valence-electron chi connectivity index (χ1n) is 8.82. The van der Waals surface area contributed by atoms with E-state index in [1.54, 1.807) is 13.0 Å². The Morgan fingerprint density at radius 3 is 2.60 bits per heavy atom. The van der Waals surface area contributed by atoms with E-state index in [4.69, 9.17) is 11.6 Å². The van der Waals surface area contributed by atoms with Gasteiger partial charge in [0.25, 0.3) is 0 Å². The molecule has 2 heterocycles. The minimum Gasteiger partial charge on any atom is -0.396 e. The Kier molecular flexibility index (Phi) is 5.35. The average Bonchev–Trinajstić information content (AvgIpc) is 2.94. The number of piperidine rings is 1. The van der Waals surface area contributed by atoms with E-state index in [0.717, 1.165) is 18.4 Å². The fourth-order valence-electron chi connectivity index (χ4n) is 4.23. The average molecular weight is 365 g/mol. The zero-order valence-corrected chi connectivity index (χ0v) is 15.3. The summed E-state index contributed by atoms with van der Waals surface area (Å²) in [6.07, 6.45) is 2.03. The van der Waals surface area contributed by atoms with Gasteiger partial charge in [-0.3, -0.25) is 9.59 Å². The van der Waals surface area contributed by atoms with Crippen LogP contribution in [0.15, 0.2) is 24.3 Å². The van der Waals surface area contributed by atoms with Crippen LogP contribution in [0.2, 0.25) is 5.02 Å². The second-order valence-electron chi connectivity index (χ2n) is 7.33. The van der Waals surface area contributed by atoms with Gasteiger partial charge in [-0.05, 0) is 36.0 Å². The number of aliphatic hydroxyl groups is 1. The lowest BCUT2D eigenvalue weighted by Crippen LogP contribution is -2.47. The van der Waals surface area contributed by atoms with E-state index in [0.29, 0.717) is 37.6 Å². The van der Waals surface area contributed by atoms with E-state index in [1.165, 1.54) is 0 Å². The van der Waals surface area contributed by atoms with Crippen LogP contribution < -0.4 is 0 Å². The van der Waals surface area contributed by atoms with Crippen LogP contribution in [-0.2, 0) is 16.0 Å². The van der Waals surface area contributed by atoms with Crippen LogP contribution >= 0.6 is 11.6 Å². The number of rotatable bonds is 3. The summed E-state index contributed by atoms with van der Waals surface area (Å²) in [5.74, 6) is 0.287. The number of hydrogen-bond acceptors (Lipinski definition) is 3. The molecule has 2 aliphatic rings. The normalized spacial score (nSPS) is 22.4. The van der Waals surface area contributed by atoms with Crippen molar-refractivity contribution in [1.82, 2.24) is 9.80 Å². The molecule has 0 radical (unpaired) electrons. The standard InChI is InChI=1S/C19H25ClN2O3/c1-14(24)22-11-16(12-23)19(13-22)5-7-21(8-6-19)18(25)10-15-3-2-4-17(20)9-15/h2-4,9,16,23H,5-8,10-13H2,1H3. The molecule has 2 amide bonds. The summed E-state index contributed by atoms with van der Waals surface area (Å²) in [5.41, 5.74) is 0.877. The molecule has 3 rings (SSSR count). The van der Waals surface area contributed by atoms with E-state index in [-0.39, 0.29) is 29.8 Å². The van der Waals surface area contributed by atoms with Crippen molar-refractivity contribution in [2.45, 2.75) is 26.2 Å². The summed E-state index contributed by atoms with van der Waals surface area (Å²) in [4.78, 5) is 28.0. The van der Waals surface area contributed by atoms with E-state index >= 15 is 0 Å². The van der Waals surface area contributed by atoms with E-state index in [2.05, 4.69) is 0 Å². The van der Waals surface area contributed by atoms with Crippen LogP contribution in [0.3, 0.4) is 0 Å². The largest absolute Gasteiger partial charge is 0.396 e. The van der Waals surface area contributed by atoms with Crippen molar-refractivity contribution in [3.8, 4) is 0 Å². The zero-order chi connectivity index (χ0) is 18.0. The Morgan fingerprint density at radius 2 is 2.00 bits per heavy atom. The van der Waals surface area contributed by atoms with E-state index in [9.17, 15) is 14.7 Å². The first-order chi connectivity index (χ1) is 11.9. The molecule has 2 fully saturated rings. The highest BCUT2D eigenvalue weighted by Gasteiger charge is 2.48. The second-order valence-corrected chi connectivity index (χ2v) is 7.77. The highest BCUT2D eigenvalue weighted by atomic mass is 35.5. The number of nitrogens with zero attached hydrogens (tertiary/aromatic N) is 2. The minimum absolute atomic E-state index is 0.0484. The van der Waals surface area contributed by atoms with Gasteiger partial charge in [0.2, 0.25) is 11.8 Å². The molecule has 1 N–H and O–H groups in total. The van der Waals surface area contributed by atoms with Crippen molar-refractivity contribution in [3.63, 3.8) is 0 Å². The Hall–Kier alpha value is -1.59. The third kappa shape index (κ3) is 3.82. The van der Waals surface area contributed by atoms with Gasteiger partial charge in [-0.2, -0.15) is 0 Å². The first kappa shape index (κ1) is 18.2. The quantitative estimate of drug-likeness (QED) is 0.891. The molecule has 0 aliphatic carbocycles. The third-order valence-corrected chi connectivity index (χ3v) is 6.07. The topological polar surface area (TPSA) is 60.9 Å². The summed E-state index contributed by atoms with van der Waals surface area (Å²) in [5, 5.41) is 10.4. The van der Waals surface area contributed by atoms with Gasteiger partial charge in [-0.15, -0.1) is 0 Å². The highest BCUT2D eigenvalue weighted by Crippen LogP contribution is 2.44. The Labute approximate surface area is 153 Å². The molecule has 2 aliphatic heterocycles. The number of aliphatic hydroxyl groups excluding tert-OH is 1. The summed E-state index contributed by atoms with van der Waals surface area (Å²) in [6, 6.07) is 7.40. The molecular formula is C19H25ClN2O3. The molecule has 1 spiro atoms. The molecule has 0 aromatic heterocycles. The number of likely N-dealkylation sites (tertiary alicyclic amines) is 2. The third-order valence-electron chi connectivity index (χ3n) is 5.83. The summed E-state index contributed by atoms with van der Waals surface area (Å²) in [6.45, 7) is 4.37. The van der Waals surface area contributed by atoms with Crippen molar-refractivity contribution in [2.24, 2.45) is 11.3 Å². The molecule has 1 aromatic rings. The molecule has 0 bridgehead atoms. The lowest BCUT2D eigenvalue weighted by molar-refractivity contribution is -0.134. The van der Waals surface area contributed by atoms with Crippen LogP contribution in [0.1, 0.15) is 25.3 Å². The maximum atomic E-state index is 12.6. The summed E-state index contributed by atoms with van der Waals surface area (Å²) >= 11 is 5.99. The van der Waals surface area contributed by atoms with Gasteiger partial charge in [-0.25, -0.2) is 0 Å². The molecule has 0 saturated carbocycles. The van der Waals surface area contributed by atoms with Crippen LogP contribution in [0, 0.1) is 11.3 Å². The zero-order valence-electron chi connectivity index (χ0n) is 14.6. The fourth-order valence-corrected chi connectivity index (χ4v) is 4.44. The number of hydrogen-bond donors (Lipinski definition) is 1. The van der Waals surface area contributed by atoms with Gasteiger partial charge in [0.1, 0.15) is 0 Å². The molecule has 6 heteroatoms. The van der Waals surface area contributed by atoms with E-state index in [1.807, 2.05) is 28.0 Å². The van der Waals surface area contributed by atoms with Crippen LogP contribution in [0.4, 0.5) is 0 Å². The predicted octanol–water partition coefficient (Wildman–Crippen LogP) is 1.96. The number of carbonyl (C=O) groups excluding carboxylic acids is 2. The molecule has 2 saturated heterocycles. The van der Waals surface area contributed by atoms with Gasteiger partial charge in [0.05, 0.1) is 6.42 Å².